The van der Waals surface area contributed by atoms with Gasteiger partial charge in [-0.25, -0.2) is 9.97 Å². The van der Waals surface area contributed by atoms with Crippen molar-refractivity contribution >= 4 is 22.9 Å². The highest BCUT2D eigenvalue weighted by Gasteiger charge is 2.24. The molecule has 1 saturated heterocycles. The van der Waals surface area contributed by atoms with E-state index >= 15 is 0 Å². The van der Waals surface area contributed by atoms with E-state index in [2.05, 4.69) is 19.9 Å². The second kappa shape index (κ2) is 5.14. The summed E-state index contributed by atoms with van der Waals surface area (Å²) < 4.78 is 0. The largest absolute Gasteiger partial charge is 0.508 e. The first-order chi connectivity index (χ1) is 10.7. The molecule has 2 aliphatic rings. The Kier molecular flexibility index (Phi) is 3.11. The molecule has 0 spiro atoms. The number of piperidine rings is 1. The molecule has 0 bridgehead atoms. The summed E-state index contributed by atoms with van der Waals surface area (Å²) in [7, 11) is 0. The number of nitrogens with zero attached hydrogens (tertiary/aromatic N) is 3. The lowest BCUT2D eigenvalue weighted by atomic mass is 10.1. The first-order valence-corrected chi connectivity index (χ1v) is 7.58. The number of rotatable bonds is 1. The van der Waals surface area contributed by atoms with Crippen LogP contribution in [0.1, 0.15) is 24.1 Å². The molecule has 6 nitrogen and oxygen atoms in total. The Labute approximate surface area is 127 Å². The van der Waals surface area contributed by atoms with Crippen molar-refractivity contribution in [3.05, 3.63) is 35.5 Å². The lowest BCUT2D eigenvalue weighted by molar-refractivity contribution is 0.154. The molecule has 114 valence electrons. The quantitative estimate of drug-likeness (QED) is 0.749. The summed E-state index contributed by atoms with van der Waals surface area (Å²) in [6.07, 6.45) is 9.02. The van der Waals surface area contributed by atoms with Gasteiger partial charge in [0.25, 0.3) is 0 Å². The number of fused-ring (bicyclic) bond motifs is 3. The molecule has 1 aliphatic carbocycles. The second-order valence-corrected chi connectivity index (χ2v) is 5.85. The number of aliphatic hydroxyl groups is 2. The van der Waals surface area contributed by atoms with Crippen LogP contribution in [0.4, 0.5) is 5.82 Å². The summed E-state index contributed by atoms with van der Waals surface area (Å²) >= 11 is 0. The SMILES string of the molecule is OC1=CCc2c([nH]c3ncnc(N4CCCC(O)C4)c23)C=C1. The summed E-state index contributed by atoms with van der Waals surface area (Å²) in [5.74, 6) is 1.13. The fraction of sp³-hybridized carbons (Fsp3) is 0.375. The zero-order chi connectivity index (χ0) is 15.1. The number of allylic oxidation sites excluding steroid dienone is 2. The molecule has 22 heavy (non-hydrogen) atoms. The lowest BCUT2D eigenvalue weighted by Gasteiger charge is -2.31. The Bertz CT molecular complexity index is 778. The van der Waals surface area contributed by atoms with Crippen LogP contribution in [0.3, 0.4) is 0 Å². The predicted molar refractivity (Wildman–Crippen MR) is 84.8 cm³/mol. The van der Waals surface area contributed by atoms with Crippen LogP contribution in [-0.4, -0.2) is 44.4 Å². The molecule has 6 heteroatoms. The molecular weight excluding hydrogens is 280 g/mol. The maximum Gasteiger partial charge on any atom is 0.143 e. The monoisotopic (exact) mass is 298 g/mol. The zero-order valence-electron chi connectivity index (χ0n) is 12.2. The van der Waals surface area contributed by atoms with Crippen LogP contribution in [0.15, 0.2) is 24.2 Å². The Hall–Kier alpha value is -2.34. The summed E-state index contributed by atoms with van der Waals surface area (Å²) in [5, 5.41) is 20.6. The normalized spacial score (nSPS) is 21.6. The second-order valence-electron chi connectivity index (χ2n) is 5.85. The molecule has 2 aromatic heterocycles. The summed E-state index contributed by atoms with van der Waals surface area (Å²) in [6, 6.07) is 0. The van der Waals surface area contributed by atoms with Crippen molar-refractivity contribution in [1.82, 2.24) is 15.0 Å². The number of hydrogen-bond donors (Lipinski definition) is 3. The number of aliphatic hydroxyl groups excluding tert-OH is 2. The highest BCUT2D eigenvalue weighted by Crippen LogP contribution is 2.32. The molecule has 0 radical (unpaired) electrons. The van der Waals surface area contributed by atoms with Crippen LogP contribution in [-0.2, 0) is 6.42 Å². The van der Waals surface area contributed by atoms with Crippen LogP contribution in [0.25, 0.3) is 17.1 Å². The van der Waals surface area contributed by atoms with Crippen molar-refractivity contribution in [3.8, 4) is 0 Å². The number of hydrogen-bond acceptors (Lipinski definition) is 5. The molecule has 0 amide bonds. The van der Waals surface area contributed by atoms with E-state index in [1.54, 1.807) is 18.5 Å². The van der Waals surface area contributed by atoms with Crippen LogP contribution >= 0.6 is 0 Å². The van der Waals surface area contributed by atoms with Gasteiger partial charge in [-0.1, -0.05) is 0 Å². The van der Waals surface area contributed by atoms with E-state index < -0.39 is 0 Å². The summed E-state index contributed by atoms with van der Waals surface area (Å²) in [4.78, 5) is 14.2. The van der Waals surface area contributed by atoms with Gasteiger partial charge in [-0.2, -0.15) is 0 Å². The van der Waals surface area contributed by atoms with Crippen LogP contribution in [0.5, 0.6) is 0 Å². The van der Waals surface area contributed by atoms with Crippen LogP contribution in [0.2, 0.25) is 0 Å². The third kappa shape index (κ3) is 2.16. The molecule has 1 unspecified atom stereocenters. The number of nitrogens with one attached hydrogen (secondary N) is 1. The molecule has 1 fully saturated rings. The van der Waals surface area contributed by atoms with Crippen molar-refractivity contribution in [2.75, 3.05) is 18.0 Å². The number of anilines is 1. The molecule has 1 atom stereocenters. The van der Waals surface area contributed by atoms with Gasteiger partial charge < -0.3 is 20.1 Å². The molecule has 2 aromatic rings. The minimum Gasteiger partial charge on any atom is -0.508 e. The van der Waals surface area contributed by atoms with E-state index in [1.165, 1.54) is 0 Å². The van der Waals surface area contributed by atoms with Crippen molar-refractivity contribution < 1.29 is 10.2 Å². The molecule has 3 N–H and O–H groups in total. The summed E-state index contributed by atoms with van der Waals surface area (Å²) in [5.41, 5.74) is 2.84. The van der Waals surface area contributed by atoms with Gasteiger partial charge in [-0.05, 0) is 43.1 Å². The van der Waals surface area contributed by atoms with E-state index in [0.717, 1.165) is 47.5 Å². The summed E-state index contributed by atoms with van der Waals surface area (Å²) in [6.45, 7) is 1.49. The van der Waals surface area contributed by atoms with Gasteiger partial charge >= 0.3 is 0 Å². The maximum atomic E-state index is 9.94. The van der Waals surface area contributed by atoms with E-state index in [4.69, 9.17) is 0 Å². The number of aromatic nitrogens is 3. The standard InChI is InChI=1S/C16H18N4O2/c21-10-3-5-12-13(6-4-10)19-15-14(12)16(18-9-17-15)20-7-1-2-11(22)8-20/h3-4,6,9,11,21-22H,1-2,5,7-8H2,(H,17,18,19). The van der Waals surface area contributed by atoms with Gasteiger partial charge in [0.15, 0.2) is 0 Å². The lowest BCUT2D eigenvalue weighted by Crippen LogP contribution is -2.38. The number of H-pyrrole nitrogens is 1. The third-order valence-corrected chi connectivity index (χ3v) is 4.34. The van der Waals surface area contributed by atoms with Crippen molar-refractivity contribution in [2.24, 2.45) is 0 Å². The van der Waals surface area contributed by atoms with Gasteiger partial charge in [0, 0.05) is 18.8 Å². The Morgan fingerprint density at radius 2 is 2.18 bits per heavy atom. The number of aromatic amines is 1. The topological polar surface area (TPSA) is 85.3 Å². The minimum atomic E-state index is -0.305. The highest BCUT2D eigenvalue weighted by atomic mass is 16.3. The molecule has 4 rings (SSSR count). The molecule has 1 aliphatic heterocycles. The average Bonchev–Trinajstić information content (AvgIpc) is 2.78. The number of β-amino-alcohol motifs (C(OH)–C–C–N with tert-alkyl or cyclic N) is 1. The maximum absolute atomic E-state index is 9.94. The molecule has 3 heterocycles. The molecular formula is C16H18N4O2. The van der Waals surface area contributed by atoms with Crippen molar-refractivity contribution in [3.63, 3.8) is 0 Å². The smallest absolute Gasteiger partial charge is 0.143 e. The van der Waals surface area contributed by atoms with Gasteiger partial charge in [0.05, 0.1) is 11.5 Å². The molecule has 0 saturated carbocycles. The van der Waals surface area contributed by atoms with Crippen molar-refractivity contribution in [2.45, 2.75) is 25.4 Å². The van der Waals surface area contributed by atoms with Crippen LogP contribution < -0.4 is 4.90 Å². The van der Waals surface area contributed by atoms with Gasteiger partial charge in [-0.3, -0.25) is 0 Å². The Morgan fingerprint density at radius 3 is 3.05 bits per heavy atom. The van der Waals surface area contributed by atoms with Gasteiger partial charge in [0.1, 0.15) is 23.6 Å². The minimum absolute atomic E-state index is 0.268. The Morgan fingerprint density at radius 1 is 1.27 bits per heavy atom. The average molecular weight is 298 g/mol. The van der Waals surface area contributed by atoms with E-state index in [-0.39, 0.29) is 11.9 Å². The van der Waals surface area contributed by atoms with E-state index in [1.807, 2.05) is 6.08 Å². The predicted octanol–water partition coefficient (Wildman–Crippen LogP) is 1.93. The Balaban J connectivity index is 1.86. The van der Waals surface area contributed by atoms with Gasteiger partial charge in [-0.15, -0.1) is 0 Å². The fourth-order valence-electron chi connectivity index (χ4n) is 3.27. The van der Waals surface area contributed by atoms with E-state index in [9.17, 15) is 10.2 Å². The zero-order valence-corrected chi connectivity index (χ0v) is 12.2. The van der Waals surface area contributed by atoms with Gasteiger partial charge in [0.2, 0.25) is 0 Å². The highest BCUT2D eigenvalue weighted by molar-refractivity contribution is 5.94. The fourth-order valence-corrected chi connectivity index (χ4v) is 3.27. The molecule has 0 aromatic carbocycles. The third-order valence-electron chi connectivity index (χ3n) is 4.34. The van der Waals surface area contributed by atoms with Crippen molar-refractivity contribution in [1.29, 1.82) is 0 Å². The first-order valence-electron chi connectivity index (χ1n) is 7.58. The van der Waals surface area contributed by atoms with Crippen LogP contribution in [0, 0.1) is 0 Å². The van der Waals surface area contributed by atoms with E-state index in [0.29, 0.717) is 13.0 Å². The first kappa shape index (κ1) is 13.3.